The number of rotatable bonds is 10. The van der Waals surface area contributed by atoms with E-state index in [4.69, 9.17) is 16.3 Å². The zero-order valence-electron chi connectivity index (χ0n) is 16.1. The molecule has 160 valence electrons. The first-order valence-corrected chi connectivity index (χ1v) is 10.7. The summed E-state index contributed by atoms with van der Waals surface area (Å²) in [5.74, 6) is -0.857. The van der Waals surface area contributed by atoms with E-state index >= 15 is 0 Å². The number of halogens is 2. The molecule has 2 amide bonds. The first-order valence-electron chi connectivity index (χ1n) is 8.83. The van der Waals surface area contributed by atoms with Gasteiger partial charge in [-0.05, 0) is 31.3 Å². The molecule has 3 N–H and O–H groups in total. The van der Waals surface area contributed by atoms with E-state index in [9.17, 15) is 19.1 Å². The number of aromatic nitrogens is 2. The first kappa shape index (κ1) is 23.7. The van der Waals surface area contributed by atoms with Gasteiger partial charge in [0.15, 0.2) is 6.61 Å². The molecule has 1 aromatic carbocycles. The minimum absolute atomic E-state index is 0.0407. The van der Waals surface area contributed by atoms with Crippen molar-refractivity contribution in [3.8, 4) is 5.75 Å². The molecule has 2 aromatic rings. The molecule has 1 unspecified atom stereocenters. The van der Waals surface area contributed by atoms with E-state index in [1.54, 1.807) is 6.92 Å². The zero-order chi connectivity index (χ0) is 22.1. The number of nitrogens with zero attached hydrogens (tertiary/aromatic N) is 2. The molecule has 0 aliphatic rings. The topological polar surface area (TPSA) is 113 Å². The largest absolute Gasteiger partial charge is 0.484 e. The molecule has 0 spiro atoms. The first-order chi connectivity index (χ1) is 14.3. The summed E-state index contributed by atoms with van der Waals surface area (Å²) in [6.45, 7) is 5.21. The normalized spacial score (nSPS) is 12.5. The fourth-order valence-corrected chi connectivity index (χ4v) is 3.53. The Labute approximate surface area is 179 Å². The quantitative estimate of drug-likeness (QED) is 0.476. The number of benzene rings is 1. The lowest BCUT2D eigenvalue weighted by atomic mass is 10.3. The van der Waals surface area contributed by atoms with Crippen LogP contribution in [0.15, 0.2) is 43.0 Å². The second kappa shape index (κ2) is 11.5. The number of hydrogen-bond acceptors (Lipinski definition) is 6. The van der Waals surface area contributed by atoms with Gasteiger partial charge in [0.2, 0.25) is 0 Å². The molecule has 1 heterocycles. The summed E-state index contributed by atoms with van der Waals surface area (Å²) in [6.07, 6.45) is 3.00. The molecule has 30 heavy (non-hydrogen) atoms. The number of aryl methyl sites for hydroxylation is 1. The Kier molecular flexibility index (Phi) is 9.11. The monoisotopic (exact) mass is 454 g/mol. The molecule has 11 heteroatoms. The third kappa shape index (κ3) is 7.33. The summed E-state index contributed by atoms with van der Waals surface area (Å²) in [4.78, 5) is 32.0. The predicted octanol–water partition coefficient (Wildman–Crippen LogP) is 2.75. The minimum Gasteiger partial charge on any atom is -0.484 e. The van der Waals surface area contributed by atoms with E-state index in [0.29, 0.717) is 5.69 Å². The Bertz CT molecular complexity index is 901. The van der Waals surface area contributed by atoms with Gasteiger partial charge in [-0.25, -0.2) is 9.37 Å². The van der Waals surface area contributed by atoms with Crippen molar-refractivity contribution in [2.75, 3.05) is 13.2 Å². The van der Waals surface area contributed by atoms with Gasteiger partial charge in [0.25, 0.3) is 11.8 Å². The van der Waals surface area contributed by atoms with Crippen molar-refractivity contribution >= 4 is 31.5 Å². The van der Waals surface area contributed by atoms with Gasteiger partial charge in [-0.3, -0.25) is 14.6 Å². The Morgan fingerprint density at radius 1 is 1.40 bits per heavy atom. The van der Waals surface area contributed by atoms with Crippen LogP contribution < -0.4 is 15.1 Å². The van der Waals surface area contributed by atoms with Gasteiger partial charge in [-0.15, -0.1) is 0 Å². The standard InChI is InChI=1S/C19H21ClFN4O4P/c1-3-30(25-19(28)16-10-23-12(2)9-24-16)18(27)6-7-22-17(26)11-29-13-4-5-14(20)15(21)8-13/h3-5,8-10,18,27H,1,6-7,11H2,2H3,(H,22,26)(H,25,28)/t18-,30?/m1/s1. The predicted molar refractivity (Wildman–Crippen MR) is 112 cm³/mol. The Hall–Kier alpha value is -2.61. The summed E-state index contributed by atoms with van der Waals surface area (Å²) in [7, 11) is -1.46. The average molecular weight is 455 g/mol. The molecule has 0 saturated carbocycles. The van der Waals surface area contributed by atoms with Gasteiger partial charge >= 0.3 is 0 Å². The molecule has 1 aromatic heterocycles. The fraction of sp³-hybridized carbons (Fsp3) is 0.263. The lowest BCUT2D eigenvalue weighted by Crippen LogP contribution is -2.32. The number of aliphatic hydroxyl groups is 1. The van der Waals surface area contributed by atoms with Gasteiger partial charge < -0.3 is 20.2 Å². The summed E-state index contributed by atoms with van der Waals surface area (Å²) in [5, 5.41) is 15.5. The SMILES string of the molecule is C=CP(NC(=O)c1cnc(C)cn1)[C@@H](O)CCNC(=O)COc1ccc(Cl)c(F)c1. The molecule has 0 fully saturated rings. The van der Waals surface area contributed by atoms with E-state index in [-0.39, 0.29) is 36.0 Å². The van der Waals surface area contributed by atoms with Crippen molar-refractivity contribution in [3.63, 3.8) is 0 Å². The molecule has 2 atom stereocenters. The van der Waals surface area contributed by atoms with Crippen LogP contribution in [0.2, 0.25) is 5.02 Å². The highest BCUT2D eigenvalue weighted by Gasteiger charge is 2.20. The van der Waals surface area contributed by atoms with Gasteiger partial charge in [0.1, 0.15) is 17.3 Å². The van der Waals surface area contributed by atoms with Gasteiger partial charge in [0, 0.05) is 26.9 Å². The molecule has 0 saturated heterocycles. The lowest BCUT2D eigenvalue weighted by molar-refractivity contribution is -0.123. The van der Waals surface area contributed by atoms with Crippen molar-refractivity contribution < 1.29 is 23.8 Å². The van der Waals surface area contributed by atoms with E-state index in [2.05, 4.69) is 27.0 Å². The summed E-state index contributed by atoms with van der Waals surface area (Å²) in [5.41, 5.74) is 0.810. The molecular formula is C19H21ClFN4O4P. The van der Waals surface area contributed by atoms with Crippen molar-refractivity contribution in [3.05, 3.63) is 65.2 Å². The Morgan fingerprint density at radius 2 is 2.17 bits per heavy atom. The lowest BCUT2D eigenvalue weighted by Gasteiger charge is -2.20. The van der Waals surface area contributed by atoms with Gasteiger partial charge in [0.05, 0.1) is 22.8 Å². The summed E-state index contributed by atoms with van der Waals surface area (Å²) >= 11 is 5.58. The maximum Gasteiger partial charge on any atom is 0.274 e. The third-order valence-electron chi connectivity index (χ3n) is 3.75. The van der Waals surface area contributed by atoms with Crippen LogP contribution in [-0.4, -0.2) is 45.9 Å². The minimum atomic E-state index is -1.46. The summed E-state index contributed by atoms with van der Waals surface area (Å²) < 4.78 is 18.5. The van der Waals surface area contributed by atoms with Crippen LogP contribution in [0.4, 0.5) is 4.39 Å². The van der Waals surface area contributed by atoms with Crippen LogP contribution >= 0.6 is 19.7 Å². The number of hydrogen-bond donors (Lipinski definition) is 3. The van der Waals surface area contributed by atoms with Crippen LogP contribution in [0.25, 0.3) is 0 Å². The zero-order valence-corrected chi connectivity index (χ0v) is 17.8. The number of ether oxygens (including phenoxy) is 1. The Morgan fingerprint density at radius 3 is 2.80 bits per heavy atom. The highest BCUT2D eigenvalue weighted by Crippen LogP contribution is 2.38. The van der Waals surface area contributed by atoms with Crippen LogP contribution in [0.3, 0.4) is 0 Å². The molecule has 8 nitrogen and oxygen atoms in total. The second-order valence-electron chi connectivity index (χ2n) is 6.06. The van der Waals surface area contributed by atoms with E-state index < -0.39 is 31.5 Å². The second-order valence-corrected chi connectivity index (χ2v) is 8.46. The maximum atomic E-state index is 13.3. The molecular weight excluding hydrogens is 434 g/mol. The highest BCUT2D eigenvalue weighted by molar-refractivity contribution is 7.60. The fourth-order valence-electron chi connectivity index (χ4n) is 2.17. The molecule has 0 radical (unpaired) electrons. The molecule has 2 rings (SSSR count). The number of amides is 2. The van der Waals surface area contributed by atoms with E-state index in [1.807, 2.05) is 0 Å². The van der Waals surface area contributed by atoms with Crippen molar-refractivity contribution in [1.29, 1.82) is 0 Å². The van der Waals surface area contributed by atoms with Crippen LogP contribution in [0, 0.1) is 12.7 Å². The number of carbonyl (C=O) groups excluding carboxylic acids is 2. The molecule has 0 aliphatic carbocycles. The number of nitrogens with one attached hydrogen (secondary N) is 2. The van der Waals surface area contributed by atoms with Crippen molar-refractivity contribution in [1.82, 2.24) is 20.4 Å². The molecule has 0 aliphatic heterocycles. The van der Waals surface area contributed by atoms with E-state index in [1.165, 1.54) is 30.3 Å². The van der Waals surface area contributed by atoms with Crippen LogP contribution in [0.5, 0.6) is 5.75 Å². The maximum absolute atomic E-state index is 13.3. The van der Waals surface area contributed by atoms with E-state index in [0.717, 1.165) is 6.07 Å². The number of carbonyl (C=O) groups is 2. The van der Waals surface area contributed by atoms with Gasteiger partial charge in [-0.1, -0.05) is 18.2 Å². The number of aliphatic hydroxyl groups excluding tert-OH is 1. The van der Waals surface area contributed by atoms with Crippen molar-refractivity contribution in [2.45, 2.75) is 19.2 Å². The third-order valence-corrected chi connectivity index (χ3v) is 5.81. The highest BCUT2D eigenvalue weighted by atomic mass is 35.5. The van der Waals surface area contributed by atoms with Crippen LogP contribution in [-0.2, 0) is 4.79 Å². The molecule has 0 bridgehead atoms. The van der Waals surface area contributed by atoms with Crippen LogP contribution in [0.1, 0.15) is 22.6 Å². The van der Waals surface area contributed by atoms with Gasteiger partial charge in [-0.2, -0.15) is 0 Å². The van der Waals surface area contributed by atoms with Crippen molar-refractivity contribution in [2.24, 2.45) is 0 Å². The smallest absolute Gasteiger partial charge is 0.274 e. The summed E-state index contributed by atoms with van der Waals surface area (Å²) in [6, 6.07) is 3.85. The Balaban J connectivity index is 1.74. The average Bonchev–Trinajstić information content (AvgIpc) is 2.73.